The lowest BCUT2D eigenvalue weighted by Crippen LogP contribution is -2.35. The van der Waals surface area contributed by atoms with Crippen LogP contribution in [0.1, 0.15) is 62.3 Å². The summed E-state index contributed by atoms with van der Waals surface area (Å²) in [5.74, 6) is -0.703. The van der Waals surface area contributed by atoms with Gasteiger partial charge in [-0.1, -0.05) is 20.8 Å². The van der Waals surface area contributed by atoms with Gasteiger partial charge in [-0.15, -0.1) is 0 Å². The van der Waals surface area contributed by atoms with Gasteiger partial charge in [-0.2, -0.15) is 13.2 Å². The highest BCUT2D eigenvalue weighted by atomic mass is 19.4. The first-order valence-electron chi connectivity index (χ1n) is 8.44. The van der Waals surface area contributed by atoms with Gasteiger partial charge in [0.1, 0.15) is 12.3 Å². The summed E-state index contributed by atoms with van der Waals surface area (Å²) in [5, 5.41) is 0. The third-order valence-electron chi connectivity index (χ3n) is 6.75. The number of halogens is 3. The molecule has 25 heavy (non-hydrogen) atoms. The molecule has 2 atom stereocenters. The summed E-state index contributed by atoms with van der Waals surface area (Å²) >= 11 is 0. The normalized spacial score (nSPS) is 27.1. The molecule has 2 heterocycles. The molecule has 0 aliphatic heterocycles. The molecule has 2 bridgehead atoms. The summed E-state index contributed by atoms with van der Waals surface area (Å²) in [5.41, 5.74) is 1.68. The minimum absolute atomic E-state index is 0.00163. The van der Waals surface area contributed by atoms with Crippen LogP contribution in [0.3, 0.4) is 0 Å². The summed E-state index contributed by atoms with van der Waals surface area (Å²) < 4.78 is 46.4. The second-order valence-electron chi connectivity index (χ2n) is 8.06. The zero-order valence-corrected chi connectivity index (χ0v) is 14.7. The molecule has 0 spiro atoms. The molecule has 0 saturated heterocycles. The number of aromatic nitrogens is 2. The minimum atomic E-state index is -4.52. The van der Waals surface area contributed by atoms with Crippen molar-refractivity contribution in [1.29, 1.82) is 0 Å². The zero-order valence-electron chi connectivity index (χ0n) is 14.7. The first-order valence-corrected chi connectivity index (χ1v) is 8.44. The van der Waals surface area contributed by atoms with Crippen molar-refractivity contribution in [3.63, 3.8) is 0 Å². The molecule has 2 aromatic heterocycles. The number of furan rings is 1. The Morgan fingerprint density at radius 2 is 1.96 bits per heavy atom. The van der Waals surface area contributed by atoms with Gasteiger partial charge < -0.3 is 4.42 Å². The van der Waals surface area contributed by atoms with Gasteiger partial charge in [0.25, 0.3) is 5.56 Å². The molecule has 0 radical (unpaired) electrons. The van der Waals surface area contributed by atoms with Crippen LogP contribution in [-0.4, -0.2) is 9.36 Å². The Kier molecular flexibility index (Phi) is 3.06. The number of fused-ring (bicyclic) bond motifs is 5. The maximum Gasteiger partial charge on any atom is 0.449 e. The highest BCUT2D eigenvalue weighted by molar-refractivity contribution is 5.45. The fourth-order valence-corrected chi connectivity index (χ4v) is 5.01. The molecule has 1 saturated carbocycles. The first-order chi connectivity index (χ1) is 11.5. The van der Waals surface area contributed by atoms with Crippen LogP contribution in [0.5, 0.6) is 0 Å². The molecule has 4 rings (SSSR count). The van der Waals surface area contributed by atoms with Gasteiger partial charge in [0.15, 0.2) is 0 Å². The number of alkyl halides is 3. The smallest absolute Gasteiger partial charge is 0.449 e. The van der Waals surface area contributed by atoms with Crippen molar-refractivity contribution in [3.05, 3.63) is 45.3 Å². The molecule has 1 fully saturated rings. The molecule has 2 aliphatic rings. The monoisotopic (exact) mass is 354 g/mol. The number of nitrogens with zero attached hydrogens (tertiary/aromatic N) is 2. The van der Waals surface area contributed by atoms with Crippen LogP contribution >= 0.6 is 0 Å². The first kappa shape index (κ1) is 16.5. The molecule has 7 heteroatoms. The van der Waals surface area contributed by atoms with E-state index in [9.17, 15) is 18.0 Å². The number of rotatable bonds is 2. The lowest BCUT2D eigenvalue weighted by atomic mass is 9.70. The van der Waals surface area contributed by atoms with Gasteiger partial charge in [-0.25, -0.2) is 4.68 Å². The van der Waals surface area contributed by atoms with Crippen molar-refractivity contribution < 1.29 is 17.6 Å². The van der Waals surface area contributed by atoms with Gasteiger partial charge >= 0.3 is 6.18 Å². The van der Waals surface area contributed by atoms with Crippen LogP contribution in [0, 0.1) is 5.41 Å². The fourth-order valence-electron chi connectivity index (χ4n) is 5.01. The Labute approximate surface area is 143 Å². The van der Waals surface area contributed by atoms with E-state index in [-0.39, 0.29) is 34.6 Å². The second-order valence-corrected chi connectivity index (χ2v) is 8.06. The van der Waals surface area contributed by atoms with E-state index in [1.807, 2.05) is 11.7 Å². The van der Waals surface area contributed by atoms with Gasteiger partial charge in [-0.3, -0.25) is 9.48 Å². The predicted octanol–water partition coefficient (Wildman–Crippen LogP) is 4.02. The lowest BCUT2D eigenvalue weighted by molar-refractivity contribution is -0.153. The molecule has 0 N–H and O–H groups in total. The molecule has 0 amide bonds. The Morgan fingerprint density at radius 3 is 2.52 bits per heavy atom. The van der Waals surface area contributed by atoms with Crippen molar-refractivity contribution in [3.8, 4) is 0 Å². The highest BCUT2D eigenvalue weighted by Crippen LogP contribution is 2.66. The van der Waals surface area contributed by atoms with Gasteiger partial charge in [0.2, 0.25) is 5.76 Å². The standard InChI is InChI=1S/C18H21F3N2O2/c1-16(2)11-7-8-17(16,3)14-13(11)15(24)23(22(14)4)9-10-5-6-12(25-10)18(19,20)21/h5-6,11H,7-9H2,1-4H3/t11-,17+/m1/s1. The molecule has 0 aromatic carbocycles. The van der Waals surface area contributed by atoms with E-state index in [1.54, 1.807) is 0 Å². The molecular weight excluding hydrogens is 333 g/mol. The summed E-state index contributed by atoms with van der Waals surface area (Å²) in [6, 6.07) is 2.19. The van der Waals surface area contributed by atoms with E-state index in [2.05, 4.69) is 20.8 Å². The third-order valence-corrected chi connectivity index (χ3v) is 6.75. The second kappa shape index (κ2) is 4.62. The number of hydrogen-bond donors (Lipinski definition) is 0. The predicted molar refractivity (Wildman–Crippen MR) is 85.6 cm³/mol. The Hall–Kier alpha value is -1.92. The summed E-state index contributed by atoms with van der Waals surface area (Å²) in [6.07, 6.45) is -2.52. The van der Waals surface area contributed by atoms with Crippen LogP contribution in [0.25, 0.3) is 0 Å². The van der Waals surface area contributed by atoms with Crippen LogP contribution < -0.4 is 5.56 Å². The molecule has 4 nitrogen and oxygen atoms in total. The average Bonchev–Trinajstić information content (AvgIpc) is 3.16. The molecule has 2 aliphatic carbocycles. The SMILES string of the molecule is Cn1c2c(c(=O)n1Cc1ccc(C(F)(F)F)o1)[C@H]1CC[C@]2(C)C1(C)C. The Morgan fingerprint density at radius 1 is 1.28 bits per heavy atom. The topological polar surface area (TPSA) is 40.1 Å². The Balaban J connectivity index is 1.77. The van der Waals surface area contributed by atoms with E-state index < -0.39 is 11.9 Å². The van der Waals surface area contributed by atoms with Crippen molar-refractivity contribution in [2.75, 3.05) is 0 Å². The molecule has 2 aromatic rings. The lowest BCUT2D eigenvalue weighted by Gasteiger charge is -2.36. The zero-order chi connectivity index (χ0) is 18.4. The molecule has 136 valence electrons. The van der Waals surface area contributed by atoms with Gasteiger partial charge in [0.05, 0.1) is 5.69 Å². The maximum absolute atomic E-state index is 13.0. The number of hydrogen-bond acceptors (Lipinski definition) is 2. The van der Waals surface area contributed by atoms with E-state index in [1.165, 1.54) is 10.7 Å². The van der Waals surface area contributed by atoms with Crippen molar-refractivity contribution in [2.24, 2.45) is 12.5 Å². The summed E-state index contributed by atoms with van der Waals surface area (Å²) in [7, 11) is 1.82. The summed E-state index contributed by atoms with van der Waals surface area (Å²) in [4.78, 5) is 13.0. The highest BCUT2D eigenvalue weighted by Gasteiger charge is 2.62. The van der Waals surface area contributed by atoms with E-state index in [0.29, 0.717) is 0 Å². The van der Waals surface area contributed by atoms with Crippen molar-refractivity contribution >= 4 is 0 Å². The van der Waals surface area contributed by atoms with Crippen LogP contribution in [0.2, 0.25) is 0 Å². The maximum atomic E-state index is 13.0. The average molecular weight is 354 g/mol. The quantitative estimate of drug-likeness (QED) is 0.817. The Bertz CT molecular complexity index is 916. The molecular formula is C18H21F3N2O2. The van der Waals surface area contributed by atoms with Crippen molar-refractivity contribution in [1.82, 2.24) is 9.36 Å². The third kappa shape index (κ3) is 1.92. The van der Waals surface area contributed by atoms with Gasteiger partial charge in [-0.05, 0) is 36.3 Å². The minimum Gasteiger partial charge on any atom is -0.455 e. The van der Waals surface area contributed by atoms with Crippen LogP contribution in [-0.2, 0) is 25.2 Å². The van der Waals surface area contributed by atoms with E-state index in [0.717, 1.165) is 30.2 Å². The van der Waals surface area contributed by atoms with Crippen molar-refractivity contribution in [2.45, 2.75) is 57.7 Å². The largest absolute Gasteiger partial charge is 0.455 e. The van der Waals surface area contributed by atoms with E-state index in [4.69, 9.17) is 4.42 Å². The van der Waals surface area contributed by atoms with Crippen LogP contribution in [0.15, 0.2) is 21.3 Å². The van der Waals surface area contributed by atoms with Gasteiger partial charge in [0, 0.05) is 18.0 Å². The fraction of sp³-hybridized carbons (Fsp3) is 0.611. The van der Waals surface area contributed by atoms with E-state index >= 15 is 0 Å². The molecule has 0 unspecified atom stereocenters. The van der Waals surface area contributed by atoms with Crippen LogP contribution in [0.4, 0.5) is 13.2 Å². The summed E-state index contributed by atoms with van der Waals surface area (Å²) in [6.45, 7) is 6.60.